The van der Waals surface area contributed by atoms with Crippen LogP contribution in [0.15, 0.2) is 24.3 Å². The predicted octanol–water partition coefficient (Wildman–Crippen LogP) is 3.44. The largest absolute Gasteiger partial charge is 0.496 e. The van der Waals surface area contributed by atoms with Gasteiger partial charge in [0.2, 0.25) is 0 Å². The second-order valence-electron chi connectivity index (χ2n) is 5.83. The van der Waals surface area contributed by atoms with E-state index in [2.05, 4.69) is 0 Å². The van der Waals surface area contributed by atoms with Crippen LogP contribution in [0.2, 0.25) is 0 Å². The number of nitrogens with zero attached hydrogens (tertiary/aromatic N) is 1. The molecule has 0 fully saturated rings. The topological polar surface area (TPSA) is 66.8 Å². The van der Waals surface area contributed by atoms with Crippen molar-refractivity contribution in [3.05, 3.63) is 29.8 Å². The molecule has 1 aromatic rings. The van der Waals surface area contributed by atoms with E-state index in [4.69, 9.17) is 4.74 Å². The van der Waals surface area contributed by atoms with Gasteiger partial charge >= 0.3 is 6.09 Å². The van der Waals surface area contributed by atoms with E-state index in [0.717, 1.165) is 0 Å². The van der Waals surface area contributed by atoms with Crippen LogP contribution in [-0.4, -0.2) is 41.1 Å². The monoisotopic (exact) mass is 293 g/mol. The summed E-state index contributed by atoms with van der Waals surface area (Å²) in [5.74, 6) is 0.514. The van der Waals surface area contributed by atoms with Crippen molar-refractivity contribution >= 4 is 11.9 Å². The Kier molecular flexibility index (Phi) is 5.76. The van der Waals surface area contributed by atoms with Crippen LogP contribution in [0, 0.1) is 0 Å². The Morgan fingerprint density at radius 3 is 2.38 bits per heavy atom. The van der Waals surface area contributed by atoms with Crippen LogP contribution in [0.4, 0.5) is 4.79 Å². The van der Waals surface area contributed by atoms with Crippen molar-refractivity contribution in [3.8, 4) is 5.75 Å². The van der Waals surface area contributed by atoms with Gasteiger partial charge in [0.15, 0.2) is 5.78 Å². The normalized spacial score (nSPS) is 11.0. The van der Waals surface area contributed by atoms with Gasteiger partial charge in [0, 0.05) is 18.5 Å². The molecule has 5 nitrogen and oxygen atoms in total. The first-order valence-electron chi connectivity index (χ1n) is 6.94. The standard InChI is InChI=1S/C16H23NO4/c1-16(2,3)17(15(19)20)11-7-9-13(18)12-8-5-6-10-14(12)21-4/h5-6,8,10H,7,9,11H2,1-4H3,(H,19,20). The fraction of sp³-hybridized carbons (Fsp3) is 0.500. The number of ether oxygens (including phenoxy) is 1. The molecule has 1 amide bonds. The lowest BCUT2D eigenvalue weighted by Gasteiger charge is -2.33. The Labute approximate surface area is 125 Å². The van der Waals surface area contributed by atoms with Crippen LogP contribution in [0.5, 0.6) is 5.75 Å². The Morgan fingerprint density at radius 1 is 1.24 bits per heavy atom. The van der Waals surface area contributed by atoms with Crippen molar-refractivity contribution in [1.82, 2.24) is 4.90 Å². The molecule has 0 saturated carbocycles. The maximum Gasteiger partial charge on any atom is 0.407 e. The predicted molar refractivity (Wildman–Crippen MR) is 81.0 cm³/mol. The summed E-state index contributed by atoms with van der Waals surface area (Å²) in [7, 11) is 1.53. The molecule has 0 radical (unpaired) electrons. The summed E-state index contributed by atoms with van der Waals surface area (Å²) >= 11 is 0. The van der Waals surface area contributed by atoms with Gasteiger partial charge in [0.25, 0.3) is 0 Å². The quantitative estimate of drug-likeness (QED) is 0.816. The number of benzene rings is 1. The van der Waals surface area contributed by atoms with E-state index in [-0.39, 0.29) is 5.78 Å². The van der Waals surface area contributed by atoms with Gasteiger partial charge in [-0.3, -0.25) is 4.79 Å². The van der Waals surface area contributed by atoms with E-state index >= 15 is 0 Å². The molecule has 0 saturated heterocycles. The molecular weight excluding hydrogens is 270 g/mol. The van der Waals surface area contributed by atoms with Crippen molar-refractivity contribution in [2.45, 2.75) is 39.2 Å². The maximum atomic E-state index is 12.2. The molecule has 0 heterocycles. The number of amides is 1. The zero-order chi connectivity index (χ0) is 16.0. The Hall–Kier alpha value is -2.04. The van der Waals surface area contributed by atoms with Gasteiger partial charge in [0.1, 0.15) is 5.75 Å². The third-order valence-electron chi connectivity index (χ3n) is 3.23. The van der Waals surface area contributed by atoms with E-state index in [9.17, 15) is 14.7 Å². The molecule has 1 aromatic carbocycles. The van der Waals surface area contributed by atoms with Gasteiger partial charge in [-0.15, -0.1) is 0 Å². The van der Waals surface area contributed by atoms with Gasteiger partial charge in [-0.25, -0.2) is 4.79 Å². The maximum absolute atomic E-state index is 12.2. The van der Waals surface area contributed by atoms with Crippen molar-refractivity contribution in [3.63, 3.8) is 0 Å². The summed E-state index contributed by atoms with van der Waals surface area (Å²) < 4.78 is 5.16. The van der Waals surface area contributed by atoms with Crippen LogP contribution in [0.25, 0.3) is 0 Å². The molecule has 0 aliphatic heterocycles. The number of ketones is 1. The number of Topliss-reactive ketones (excluding diaryl/α,β-unsaturated/α-hetero) is 1. The molecule has 0 bridgehead atoms. The first kappa shape index (κ1) is 17.0. The summed E-state index contributed by atoms with van der Waals surface area (Å²) in [5.41, 5.74) is 0.0666. The first-order chi connectivity index (χ1) is 9.77. The molecule has 0 atom stereocenters. The molecule has 0 spiro atoms. The molecule has 0 unspecified atom stereocenters. The van der Waals surface area contributed by atoms with Crippen LogP contribution >= 0.6 is 0 Å². The minimum atomic E-state index is -0.966. The number of hydrogen-bond acceptors (Lipinski definition) is 3. The smallest absolute Gasteiger partial charge is 0.407 e. The van der Waals surface area contributed by atoms with Gasteiger partial charge in [0.05, 0.1) is 12.7 Å². The number of carbonyl (C=O) groups is 2. The lowest BCUT2D eigenvalue weighted by molar-refractivity contribution is 0.0903. The molecular formula is C16H23NO4. The second-order valence-corrected chi connectivity index (χ2v) is 5.83. The molecule has 21 heavy (non-hydrogen) atoms. The molecule has 0 aliphatic carbocycles. The summed E-state index contributed by atoms with van der Waals surface area (Å²) in [6.45, 7) is 5.84. The SMILES string of the molecule is COc1ccccc1C(=O)CCCN(C(=O)O)C(C)(C)C. The van der Waals surface area contributed by atoms with Crippen molar-refractivity contribution < 1.29 is 19.4 Å². The zero-order valence-electron chi connectivity index (χ0n) is 13.0. The highest BCUT2D eigenvalue weighted by Crippen LogP contribution is 2.20. The Bertz CT molecular complexity index is 505. The van der Waals surface area contributed by atoms with Gasteiger partial charge in [-0.2, -0.15) is 0 Å². The van der Waals surface area contributed by atoms with E-state index in [1.165, 1.54) is 12.0 Å². The van der Waals surface area contributed by atoms with E-state index in [1.54, 1.807) is 24.3 Å². The lowest BCUT2D eigenvalue weighted by atomic mass is 10.0. The fourth-order valence-corrected chi connectivity index (χ4v) is 2.13. The minimum absolute atomic E-state index is 0.0355. The summed E-state index contributed by atoms with van der Waals surface area (Å²) in [4.78, 5) is 24.7. The highest BCUT2D eigenvalue weighted by molar-refractivity contribution is 5.98. The number of hydrogen-bond donors (Lipinski definition) is 1. The highest BCUT2D eigenvalue weighted by Gasteiger charge is 2.25. The van der Waals surface area contributed by atoms with E-state index in [0.29, 0.717) is 30.7 Å². The third kappa shape index (κ3) is 4.77. The van der Waals surface area contributed by atoms with Gasteiger partial charge in [-0.05, 0) is 39.3 Å². The highest BCUT2D eigenvalue weighted by atomic mass is 16.5. The van der Waals surface area contributed by atoms with E-state index in [1.807, 2.05) is 20.8 Å². The van der Waals surface area contributed by atoms with Crippen LogP contribution in [-0.2, 0) is 0 Å². The molecule has 0 aliphatic rings. The second kappa shape index (κ2) is 7.11. The van der Waals surface area contributed by atoms with Crippen molar-refractivity contribution in [1.29, 1.82) is 0 Å². The number of rotatable bonds is 6. The van der Waals surface area contributed by atoms with Gasteiger partial charge in [-0.1, -0.05) is 12.1 Å². The molecule has 0 aromatic heterocycles. The Balaban J connectivity index is 2.63. The third-order valence-corrected chi connectivity index (χ3v) is 3.23. The summed E-state index contributed by atoms with van der Waals surface area (Å²) in [6.07, 6.45) is -0.187. The lowest BCUT2D eigenvalue weighted by Crippen LogP contribution is -2.45. The average Bonchev–Trinajstić information content (AvgIpc) is 2.41. The van der Waals surface area contributed by atoms with Crippen LogP contribution in [0.1, 0.15) is 44.0 Å². The van der Waals surface area contributed by atoms with Crippen LogP contribution in [0.3, 0.4) is 0 Å². The Morgan fingerprint density at radius 2 is 1.86 bits per heavy atom. The average molecular weight is 293 g/mol. The number of carbonyl (C=O) groups excluding carboxylic acids is 1. The molecule has 5 heteroatoms. The fourth-order valence-electron chi connectivity index (χ4n) is 2.13. The zero-order valence-corrected chi connectivity index (χ0v) is 13.0. The minimum Gasteiger partial charge on any atom is -0.496 e. The molecule has 1 rings (SSSR count). The van der Waals surface area contributed by atoms with E-state index < -0.39 is 11.6 Å². The number of carboxylic acid groups (broad SMARTS) is 1. The first-order valence-corrected chi connectivity index (χ1v) is 6.94. The summed E-state index contributed by atoms with van der Waals surface area (Å²) in [5, 5.41) is 9.19. The van der Waals surface area contributed by atoms with Crippen LogP contribution < -0.4 is 4.74 Å². The summed E-state index contributed by atoms with van der Waals surface area (Å²) in [6, 6.07) is 7.06. The molecule has 1 N–H and O–H groups in total. The van der Waals surface area contributed by atoms with Gasteiger partial charge < -0.3 is 14.7 Å². The number of methoxy groups -OCH3 is 1. The van der Waals surface area contributed by atoms with Crippen molar-refractivity contribution in [2.75, 3.05) is 13.7 Å². The molecule has 116 valence electrons. The number of para-hydroxylation sites is 1. The van der Waals surface area contributed by atoms with Crippen molar-refractivity contribution in [2.24, 2.45) is 0 Å².